The summed E-state index contributed by atoms with van der Waals surface area (Å²) in [7, 11) is 1.32. The summed E-state index contributed by atoms with van der Waals surface area (Å²) in [5.41, 5.74) is 15.2. The molecule has 0 bridgehead atoms. The van der Waals surface area contributed by atoms with E-state index >= 15 is 0 Å². The lowest BCUT2D eigenvalue weighted by molar-refractivity contribution is -0.142. The van der Waals surface area contributed by atoms with Crippen molar-refractivity contribution in [2.45, 2.75) is 24.9 Å². The number of carboxylic acid groups (broad SMARTS) is 1. The second-order valence-electron chi connectivity index (χ2n) is 5.88. The first kappa shape index (κ1) is 21.6. The molecule has 2 atom stereocenters. The summed E-state index contributed by atoms with van der Waals surface area (Å²) >= 11 is 0. The van der Waals surface area contributed by atoms with Gasteiger partial charge in [0.25, 0.3) is 0 Å². The summed E-state index contributed by atoms with van der Waals surface area (Å²) in [6, 6.07) is 13.8. The summed E-state index contributed by atoms with van der Waals surface area (Å²) in [5, 5.41) is 8.85. The highest BCUT2D eigenvalue weighted by Gasteiger charge is 2.14. The van der Waals surface area contributed by atoms with E-state index in [4.69, 9.17) is 16.6 Å². The van der Waals surface area contributed by atoms with Gasteiger partial charge in [0.15, 0.2) is 0 Å². The summed E-state index contributed by atoms with van der Waals surface area (Å²) in [6.07, 6.45) is 0.707. The van der Waals surface area contributed by atoms with E-state index in [1.165, 1.54) is 7.11 Å². The lowest BCUT2D eigenvalue weighted by Gasteiger charge is -2.10. The van der Waals surface area contributed by atoms with Crippen LogP contribution in [0.4, 0.5) is 0 Å². The van der Waals surface area contributed by atoms with E-state index in [1.54, 1.807) is 0 Å². The van der Waals surface area contributed by atoms with Crippen molar-refractivity contribution in [3.05, 3.63) is 59.7 Å². The van der Waals surface area contributed by atoms with Crippen molar-refractivity contribution in [3.8, 4) is 11.1 Å². The monoisotopic (exact) mass is 378 g/mol. The number of carbonyl (C=O) groups is 2. The molecule has 5 N–H and O–H groups in total. The van der Waals surface area contributed by atoms with Crippen LogP contribution in [0.3, 0.4) is 0 Å². The van der Waals surface area contributed by atoms with Crippen molar-refractivity contribution in [2.75, 3.05) is 7.11 Å². The first-order valence-electron chi connectivity index (χ1n) is 7.90. The van der Waals surface area contributed by atoms with Gasteiger partial charge in [-0.05, 0) is 35.1 Å². The van der Waals surface area contributed by atoms with Gasteiger partial charge in [-0.3, -0.25) is 9.59 Å². The molecule has 0 aromatic heterocycles. The molecule has 2 unspecified atom stereocenters. The number of rotatable bonds is 7. The zero-order chi connectivity index (χ0) is 18.4. The Morgan fingerprint density at radius 1 is 0.885 bits per heavy atom. The third-order valence-corrected chi connectivity index (χ3v) is 3.97. The molecule has 0 saturated carbocycles. The van der Waals surface area contributed by atoms with Gasteiger partial charge in [0.05, 0.1) is 7.11 Å². The van der Waals surface area contributed by atoms with E-state index in [9.17, 15) is 9.59 Å². The second kappa shape index (κ2) is 9.91. The minimum atomic E-state index is -1.01. The van der Waals surface area contributed by atoms with E-state index in [2.05, 4.69) is 4.74 Å². The van der Waals surface area contributed by atoms with Crippen LogP contribution in [0, 0.1) is 0 Å². The molecule has 0 aliphatic carbocycles. The SMILES string of the molecule is COC(=O)C(N)Cc1ccc(-c2ccc(CC(N)C(=O)O)cc2)cc1.Cl. The van der Waals surface area contributed by atoms with Crippen LogP contribution in [-0.2, 0) is 27.2 Å². The second-order valence-corrected chi connectivity index (χ2v) is 5.88. The van der Waals surface area contributed by atoms with Crippen LogP contribution in [0.1, 0.15) is 11.1 Å². The minimum Gasteiger partial charge on any atom is -0.480 e. The molecule has 0 fully saturated rings. The molecule has 0 radical (unpaired) electrons. The van der Waals surface area contributed by atoms with Crippen molar-refractivity contribution in [3.63, 3.8) is 0 Å². The molecule has 0 heterocycles. The summed E-state index contributed by atoms with van der Waals surface area (Å²) < 4.78 is 4.62. The zero-order valence-electron chi connectivity index (χ0n) is 14.4. The lowest BCUT2D eigenvalue weighted by Crippen LogP contribution is -2.33. The van der Waals surface area contributed by atoms with Crippen LogP contribution in [0.25, 0.3) is 11.1 Å². The number of aliphatic carboxylic acids is 1. The highest BCUT2D eigenvalue weighted by atomic mass is 35.5. The minimum absolute atomic E-state index is 0. The Hall–Kier alpha value is -2.41. The van der Waals surface area contributed by atoms with E-state index in [0.29, 0.717) is 12.8 Å². The molecule has 0 aliphatic heterocycles. The number of halogens is 1. The van der Waals surface area contributed by atoms with Crippen molar-refractivity contribution in [1.29, 1.82) is 0 Å². The smallest absolute Gasteiger partial charge is 0.322 e. The Labute approximate surface area is 158 Å². The van der Waals surface area contributed by atoms with Gasteiger partial charge < -0.3 is 21.3 Å². The molecular weight excluding hydrogens is 356 g/mol. The summed E-state index contributed by atoms with van der Waals surface area (Å²) in [6.45, 7) is 0. The van der Waals surface area contributed by atoms with Crippen molar-refractivity contribution < 1.29 is 19.4 Å². The molecule has 6 nitrogen and oxygen atoms in total. The average molecular weight is 379 g/mol. The number of carboxylic acids is 1. The van der Waals surface area contributed by atoms with E-state index < -0.39 is 24.0 Å². The van der Waals surface area contributed by atoms with Gasteiger partial charge in [-0.15, -0.1) is 12.4 Å². The number of ether oxygens (including phenoxy) is 1. The molecule has 0 saturated heterocycles. The maximum atomic E-state index is 11.4. The zero-order valence-corrected chi connectivity index (χ0v) is 15.2. The number of carbonyl (C=O) groups excluding carboxylic acids is 1. The Morgan fingerprint density at radius 2 is 1.27 bits per heavy atom. The number of nitrogens with two attached hydrogens (primary N) is 2. The highest BCUT2D eigenvalue weighted by molar-refractivity contribution is 5.85. The first-order valence-corrected chi connectivity index (χ1v) is 7.90. The van der Waals surface area contributed by atoms with Gasteiger partial charge in [-0.1, -0.05) is 48.5 Å². The number of hydrogen-bond acceptors (Lipinski definition) is 5. The predicted octanol–water partition coefficient (Wildman–Crippen LogP) is 1.77. The third kappa shape index (κ3) is 5.84. The fourth-order valence-corrected chi connectivity index (χ4v) is 2.50. The Bertz CT molecular complexity index is 732. The van der Waals surface area contributed by atoms with Crippen molar-refractivity contribution in [2.24, 2.45) is 11.5 Å². The number of methoxy groups -OCH3 is 1. The predicted molar refractivity (Wildman–Crippen MR) is 102 cm³/mol. The fraction of sp³-hybridized carbons (Fsp3) is 0.263. The quantitative estimate of drug-likeness (QED) is 0.632. The number of benzene rings is 2. The first-order chi connectivity index (χ1) is 11.9. The molecule has 0 spiro atoms. The van der Waals surface area contributed by atoms with E-state index in [1.807, 2.05) is 48.5 Å². The molecule has 2 aromatic rings. The molecule has 26 heavy (non-hydrogen) atoms. The molecule has 140 valence electrons. The number of hydrogen-bond donors (Lipinski definition) is 3. The maximum absolute atomic E-state index is 11.4. The Balaban J connectivity index is 0.00000338. The van der Waals surface area contributed by atoms with Crippen molar-refractivity contribution >= 4 is 24.3 Å². The van der Waals surface area contributed by atoms with E-state index in [0.717, 1.165) is 22.3 Å². The van der Waals surface area contributed by atoms with Gasteiger partial charge in [-0.2, -0.15) is 0 Å². The van der Waals surface area contributed by atoms with Gasteiger partial charge in [-0.25, -0.2) is 0 Å². The molecule has 0 aliphatic rings. The molecule has 0 amide bonds. The van der Waals surface area contributed by atoms with Crippen LogP contribution >= 0.6 is 12.4 Å². The van der Waals surface area contributed by atoms with Gasteiger partial charge in [0, 0.05) is 0 Å². The number of esters is 1. The molecular formula is C19H23ClN2O4. The normalized spacial score (nSPS) is 12.6. The van der Waals surface area contributed by atoms with Crippen LogP contribution in [0.5, 0.6) is 0 Å². The average Bonchev–Trinajstić information content (AvgIpc) is 2.62. The standard InChI is InChI=1S/C19H22N2O4.ClH/c1-25-19(24)17(21)11-13-4-8-15(9-5-13)14-6-2-12(3-7-14)10-16(20)18(22)23;/h2-9,16-17H,10-11,20-21H2,1H3,(H,22,23);1H. The molecule has 7 heteroatoms. The van der Waals surface area contributed by atoms with Gasteiger partial charge >= 0.3 is 11.9 Å². The van der Waals surface area contributed by atoms with Crippen LogP contribution in [-0.4, -0.2) is 36.2 Å². The van der Waals surface area contributed by atoms with Crippen LogP contribution in [0.15, 0.2) is 48.5 Å². The molecule has 2 aromatic carbocycles. The Morgan fingerprint density at radius 3 is 1.62 bits per heavy atom. The topological polar surface area (TPSA) is 116 Å². The maximum Gasteiger partial charge on any atom is 0.322 e. The fourth-order valence-electron chi connectivity index (χ4n) is 2.50. The Kier molecular flexibility index (Phi) is 8.25. The highest BCUT2D eigenvalue weighted by Crippen LogP contribution is 2.21. The van der Waals surface area contributed by atoms with Gasteiger partial charge in [0.2, 0.25) is 0 Å². The van der Waals surface area contributed by atoms with Crippen molar-refractivity contribution in [1.82, 2.24) is 0 Å². The summed E-state index contributed by atoms with van der Waals surface area (Å²) in [4.78, 5) is 22.2. The van der Waals surface area contributed by atoms with Crippen LogP contribution in [0.2, 0.25) is 0 Å². The lowest BCUT2D eigenvalue weighted by atomic mass is 9.98. The van der Waals surface area contributed by atoms with Gasteiger partial charge in [0.1, 0.15) is 12.1 Å². The van der Waals surface area contributed by atoms with Crippen LogP contribution < -0.4 is 11.5 Å². The summed E-state index contributed by atoms with van der Waals surface area (Å²) in [5.74, 6) is -1.44. The molecule has 2 rings (SSSR count). The largest absolute Gasteiger partial charge is 0.480 e. The van der Waals surface area contributed by atoms with E-state index in [-0.39, 0.29) is 12.4 Å². The third-order valence-electron chi connectivity index (χ3n) is 3.97.